The van der Waals surface area contributed by atoms with Crippen molar-refractivity contribution in [3.05, 3.63) is 42.0 Å². The number of benzene rings is 1. The van der Waals surface area contributed by atoms with E-state index in [1.807, 2.05) is 18.2 Å². The predicted molar refractivity (Wildman–Crippen MR) is 94.5 cm³/mol. The van der Waals surface area contributed by atoms with Gasteiger partial charge in [0.15, 0.2) is 0 Å². The van der Waals surface area contributed by atoms with E-state index in [-0.39, 0.29) is 0 Å². The van der Waals surface area contributed by atoms with Gasteiger partial charge in [-0.1, -0.05) is 91.4 Å². The first-order valence-corrected chi connectivity index (χ1v) is 8.61. The molecule has 0 saturated carbocycles. The lowest BCUT2D eigenvalue weighted by Gasteiger charge is -2.13. The molecule has 0 bridgehead atoms. The number of carboxylic acid groups (broad SMARTS) is 1. The van der Waals surface area contributed by atoms with Crippen molar-refractivity contribution in [3.63, 3.8) is 0 Å². The Labute approximate surface area is 143 Å². The molecule has 0 radical (unpaired) electrons. The van der Waals surface area contributed by atoms with E-state index in [1.165, 1.54) is 24.8 Å². The lowest BCUT2D eigenvalue weighted by molar-refractivity contribution is -0.138. The molecule has 0 fully saturated rings. The van der Waals surface area contributed by atoms with Crippen LogP contribution in [0, 0.1) is 0 Å². The van der Waals surface area contributed by atoms with E-state index in [0.717, 1.165) is 25.7 Å². The van der Waals surface area contributed by atoms with Gasteiger partial charge in [0.25, 0.3) is 0 Å². The van der Waals surface area contributed by atoms with Gasteiger partial charge in [-0.25, -0.2) is 4.79 Å². The van der Waals surface area contributed by atoms with E-state index in [4.69, 9.17) is 28.3 Å². The van der Waals surface area contributed by atoms with Crippen molar-refractivity contribution in [3.8, 4) is 0 Å². The quantitative estimate of drug-likeness (QED) is 0.390. The molecule has 0 spiro atoms. The standard InChI is InChI=1S/C18H24Cl2O2/c19-18(20,17(21)22)15-11-6-4-2-1-3-5-8-12-16-13-9-7-10-14-16/h7-10,12-14H,1-6,11,15H2,(H,21,22)/b12-8+. The number of halogens is 2. The molecule has 4 heteroatoms. The van der Waals surface area contributed by atoms with Crippen LogP contribution in [0.5, 0.6) is 0 Å². The van der Waals surface area contributed by atoms with E-state index < -0.39 is 10.3 Å². The lowest BCUT2D eigenvalue weighted by Crippen LogP contribution is -2.25. The van der Waals surface area contributed by atoms with Crippen LogP contribution in [0.1, 0.15) is 56.9 Å². The Balaban J connectivity index is 1.96. The van der Waals surface area contributed by atoms with Gasteiger partial charge >= 0.3 is 5.97 Å². The van der Waals surface area contributed by atoms with E-state index in [9.17, 15) is 4.79 Å². The minimum absolute atomic E-state index is 0.311. The minimum atomic E-state index is -1.62. The Kier molecular flexibility index (Phi) is 9.26. The average Bonchev–Trinajstić information content (AvgIpc) is 2.50. The maximum Gasteiger partial charge on any atom is 0.340 e. The second-order valence-electron chi connectivity index (χ2n) is 5.48. The monoisotopic (exact) mass is 342 g/mol. The van der Waals surface area contributed by atoms with Crippen LogP contribution >= 0.6 is 23.2 Å². The van der Waals surface area contributed by atoms with Gasteiger partial charge < -0.3 is 5.11 Å². The number of alkyl halides is 2. The summed E-state index contributed by atoms with van der Waals surface area (Å²) in [5.41, 5.74) is 1.24. The summed E-state index contributed by atoms with van der Waals surface area (Å²) in [6, 6.07) is 10.3. The topological polar surface area (TPSA) is 37.3 Å². The van der Waals surface area contributed by atoms with Crippen LogP contribution in [0.2, 0.25) is 0 Å². The largest absolute Gasteiger partial charge is 0.479 e. The third kappa shape index (κ3) is 8.45. The molecule has 1 rings (SSSR count). The van der Waals surface area contributed by atoms with Crippen molar-refractivity contribution in [2.45, 2.75) is 55.7 Å². The number of rotatable bonds is 11. The van der Waals surface area contributed by atoms with Crippen LogP contribution in [0.15, 0.2) is 36.4 Å². The van der Waals surface area contributed by atoms with Crippen molar-refractivity contribution in [2.75, 3.05) is 0 Å². The Morgan fingerprint density at radius 3 is 2.23 bits per heavy atom. The predicted octanol–water partition coefficient (Wildman–Crippen LogP) is 6.08. The fraction of sp³-hybridized carbons (Fsp3) is 0.500. The van der Waals surface area contributed by atoms with Crippen LogP contribution < -0.4 is 0 Å². The summed E-state index contributed by atoms with van der Waals surface area (Å²) < 4.78 is -1.62. The summed E-state index contributed by atoms with van der Waals surface area (Å²) in [6.45, 7) is 0. The van der Waals surface area contributed by atoms with Crippen LogP contribution in [0.3, 0.4) is 0 Å². The van der Waals surface area contributed by atoms with Crippen molar-refractivity contribution in [2.24, 2.45) is 0 Å². The van der Waals surface area contributed by atoms with Gasteiger partial charge in [0.2, 0.25) is 4.33 Å². The van der Waals surface area contributed by atoms with Gasteiger partial charge in [0.05, 0.1) is 0 Å². The van der Waals surface area contributed by atoms with Crippen LogP contribution in [0.4, 0.5) is 0 Å². The van der Waals surface area contributed by atoms with E-state index in [1.54, 1.807) is 0 Å². The molecule has 1 N–H and O–H groups in total. The molecule has 122 valence electrons. The number of aliphatic carboxylic acids is 1. The molecule has 0 aliphatic carbocycles. The maximum atomic E-state index is 10.7. The molecule has 2 nitrogen and oxygen atoms in total. The molecule has 0 unspecified atom stereocenters. The maximum absolute atomic E-state index is 10.7. The van der Waals surface area contributed by atoms with Crippen molar-refractivity contribution in [1.82, 2.24) is 0 Å². The highest BCUT2D eigenvalue weighted by Gasteiger charge is 2.32. The van der Waals surface area contributed by atoms with Gasteiger partial charge in [-0.15, -0.1) is 0 Å². The minimum Gasteiger partial charge on any atom is -0.479 e. The normalized spacial score (nSPS) is 11.9. The van der Waals surface area contributed by atoms with Gasteiger partial charge in [-0.2, -0.15) is 0 Å². The highest BCUT2D eigenvalue weighted by molar-refractivity contribution is 6.57. The zero-order valence-corrected chi connectivity index (χ0v) is 14.3. The highest BCUT2D eigenvalue weighted by atomic mass is 35.5. The molecule has 0 aromatic heterocycles. The third-order valence-electron chi connectivity index (χ3n) is 3.53. The molecular formula is C18H24Cl2O2. The van der Waals surface area contributed by atoms with Gasteiger partial charge in [-0.05, 0) is 31.2 Å². The summed E-state index contributed by atoms with van der Waals surface area (Å²) in [4.78, 5) is 10.7. The molecule has 1 aromatic rings. The number of unbranched alkanes of at least 4 members (excludes halogenated alkanes) is 6. The molecule has 0 heterocycles. The van der Waals surface area contributed by atoms with Crippen molar-refractivity contribution >= 4 is 35.2 Å². The fourth-order valence-corrected chi connectivity index (χ4v) is 2.47. The molecule has 0 amide bonds. The molecule has 0 saturated heterocycles. The van der Waals surface area contributed by atoms with E-state index >= 15 is 0 Å². The van der Waals surface area contributed by atoms with E-state index in [0.29, 0.717) is 6.42 Å². The number of carboxylic acids is 1. The zero-order chi connectivity index (χ0) is 16.3. The summed E-state index contributed by atoms with van der Waals surface area (Å²) in [6.07, 6.45) is 12.2. The Morgan fingerprint density at radius 2 is 1.59 bits per heavy atom. The second-order valence-corrected chi connectivity index (χ2v) is 6.97. The molecule has 1 aromatic carbocycles. The Bertz CT molecular complexity index is 455. The van der Waals surface area contributed by atoms with Crippen LogP contribution in [-0.2, 0) is 4.79 Å². The number of carbonyl (C=O) groups is 1. The molecule has 0 atom stereocenters. The van der Waals surface area contributed by atoms with Gasteiger partial charge in [0, 0.05) is 0 Å². The first-order chi connectivity index (χ1) is 10.5. The lowest BCUT2D eigenvalue weighted by atomic mass is 10.1. The van der Waals surface area contributed by atoms with Crippen LogP contribution in [0.25, 0.3) is 6.08 Å². The van der Waals surface area contributed by atoms with Crippen molar-refractivity contribution in [1.29, 1.82) is 0 Å². The van der Waals surface area contributed by atoms with Gasteiger partial charge in [0.1, 0.15) is 0 Å². The third-order valence-corrected chi connectivity index (χ3v) is 4.24. The molecular weight excluding hydrogens is 319 g/mol. The number of hydrogen-bond donors (Lipinski definition) is 1. The summed E-state index contributed by atoms with van der Waals surface area (Å²) >= 11 is 11.4. The van der Waals surface area contributed by atoms with Crippen LogP contribution in [-0.4, -0.2) is 15.4 Å². The number of allylic oxidation sites excluding steroid dienone is 1. The molecule has 22 heavy (non-hydrogen) atoms. The summed E-state index contributed by atoms with van der Waals surface area (Å²) in [5, 5.41) is 8.78. The number of hydrogen-bond acceptors (Lipinski definition) is 1. The average molecular weight is 343 g/mol. The Morgan fingerprint density at radius 1 is 1.00 bits per heavy atom. The summed E-state index contributed by atoms with van der Waals surface area (Å²) in [7, 11) is 0. The first-order valence-electron chi connectivity index (χ1n) is 7.85. The van der Waals surface area contributed by atoms with E-state index in [2.05, 4.69) is 24.3 Å². The SMILES string of the molecule is O=C(O)C(Cl)(Cl)CCCCCCCC/C=C/c1ccccc1. The fourth-order valence-electron chi connectivity index (χ4n) is 2.21. The molecule has 0 aliphatic heterocycles. The zero-order valence-electron chi connectivity index (χ0n) is 12.8. The smallest absolute Gasteiger partial charge is 0.340 e. The Hall–Kier alpha value is -0.990. The highest BCUT2D eigenvalue weighted by Crippen LogP contribution is 2.28. The molecule has 0 aliphatic rings. The summed E-state index contributed by atoms with van der Waals surface area (Å²) in [5.74, 6) is -1.15. The second kappa shape index (κ2) is 10.7. The van der Waals surface area contributed by atoms with Crippen molar-refractivity contribution < 1.29 is 9.90 Å². The van der Waals surface area contributed by atoms with Gasteiger partial charge in [-0.3, -0.25) is 0 Å². The first kappa shape index (κ1) is 19.1.